The zero-order valence-electron chi connectivity index (χ0n) is 11.5. The molecule has 1 aromatic carbocycles. The van der Waals surface area contributed by atoms with Crippen molar-refractivity contribution in [1.82, 2.24) is 20.5 Å². The Kier molecular flexibility index (Phi) is 3.43. The van der Waals surface area contributed by atoms with E-state index in [1.165, 1.54) is 0 Å². The maximum atomic E-state index is 5.81. The van der Waals surface area contributed by atoms with Crippen LogP contribution in [0.15, 0.2) is 40.9 Å². The van der Waals surface area contributed by atoms with Gasteiger partial charge in [0.1, 0.15) is 0 Å². The van der Waals surface area contributed by atoms with Crippen LogP contribution in [0, 0.1) is 0 Å². The van der Waals surface area contributed by atoms with Gasteiger partial charge in [0, 0.05) is 17.1 Å². The Morgan fingerprint density at radius 1 is 1.20 bits per heavy atom. The van der Waals surface area contributed by atoms with Crippen molar-refractivity contribution in [2.75, 3.05) is 7.05 Å². The first kappa shape index (κ1) is 12.7. The Balaban J connectivity index is 2.08. The van der Waals surface area contributed by atoms with Crippen LogP contribution in [0.5, 0.6) is 0 Å². The molecule has 2 aromatic heterocycles. The first-order chi connectivity index (χ1) is 9.83. The van der Waals surface area contributed by atoms with Crippen LogP contribution in [0.25, 0.3) is 22.4 Å². The normalized spacial score (nSPS) is 12.7. The van der Waals surface area contributed by atoms with Crippen LogP contribution in [-0.2, 0) is 0 Å². The van der Waals surface area contributed by atoms with Gasteiger partial charge in [-0.05, 0) is 25.6 Å². The topological polar surface area (TPSA) is 63.8 Å². The lowest BCUT2D eigenvalue weighted by Crippen LogP contribution is -2.15. The molecule has 5 heteroatoms. The molecule has 3 rings (SSSR count). The van der Waals surface area contributed by atoms with Crippen LogP contribution >= 0.6 is 0 Å². The van der Waals surface area contributed by atoms with Crippen molar-refractivity contribution < 1.29 is 4.42 Å². The molecule has 0 bridgehead atoms. The number of nitrogens with one attached hydrogen (secondary N) is 1. The van der Waals surface area contributed by atoms with Crippen LogP contribution in [0.2, 0.25) is 0 Å². The second kappa shape index (κ2) is 5.38. The minimum atomic E-state index is 0.0874. The highest BCUT2D eigenvalue weighted by atomic mass is 16.4. The molecule has 1 unspecified atom stereocenters. The van der Waals surface area contributed by atoms with Crippen LogP contribution in [0.3, 0.4) is 0 Å². The van der Waals surface area contributed by atoms with Crippen molar-refractivity contribution in [3.63, 3.8) is 0 Å². The van der Waals surface area contributed by atoms with E-state index in [0.717, 1.165) is 22.9 Å². The first-order valence-electron chi connectivity index (χ1n) is 6.68. The SMILES string of the molecule is CCC(NC)c1nnc(-c2ccnc3ccccc23)o1. The lowest BCUT2D eigenvalue weighted by Gasteiger charge is -2.07. The summed E-state index contributed by atoms with van der Waals surface area (Å²) in [5.74, 6) is 1.15. The third-order valence-corrected chi connectivity index (χ3v) is 3.37. The van der Waals surface area contributed by atoms with E-state index in [1.54, 1.807) is 6.20 Å². The van der Waals surface area contributed by atoms with Gasteiger partial charge in [0.25, 0.3) is 0 Å². The minimum Gasteiger partial charge on any atom is -0.419 e. The monoisotopic (exact) mass is 268 g/mol. The molecule has 0 saturated heterocycles. The third-order valence-electron chi connectivity index (χ3n) is 3.37. The standard InChI is InChI=1S/C15H16N4O/c1-3-12(16-2)15-19-18-14(20-15)11-8-9-17-13-7-5-4-6-10(11)13/h4-9,12,16H,3H2,1-2H3. The van der Waals surface area contributed by atoms with Gasteiger partial charge in [-0.15, -0.1) is 10.2 Å². The van der Waals surface area contributed by atoms with Gasteiger partial charge in [-0.2, -0.15) is 0 Å². The van der Waals surface area contributed by atoms with Gasteiger partial charge in [-0.1, -0.05) is 25.1 Å². The number of aromatic nitrogens is 3. The fraction of sp³-hybridized carbons (Fsp3) is 0.267. The molecule has 0 spiro atoms. The summed E-state index contributed by atoms with van der Waals surface area (Å²) in [7, 11) is 1.89. The highest BCUT2D eigenvalue weighted by Crippen LogP contribution is 2.27. The Morgan fingerprint density at radius 2 is 2.05 bits per heavy atom. The van der Waals surface area contributed by atoms with Gasteiger partial charge >= 0.3 is 0 Å². The molecule has 0 radical (unpaired) electrons. The molecule has 0 saturated carbocycles. The van der Waals surface area contributed by atoms with Crippen LogP contribution < -0.4 is 5.32 Å². The molecule has 3 aromatic rings. The van der Waals surface area contributed by atoms with E-state index in [2.05, 4.69) is 27.4 Å². The summed E-state index contributed by atoms with van der Waals surface area (Å²) in [5, 5.41) is 12.5. The van der Waals surface area contributed by atoms with E-state index < -0.39 is 0 Å². The van der Waals surface area contributed by atoms with Crippen molar-refractivity contribution in [3.05, 3.63) is 42.4 Å². The maximum Gasteiger partial charge on any atom is 0.248 e. The van der Waals surface area contributed by atoms with Crippen molar-refractivity contribution >= 4 is 10.9 Å². The van der Waals surface area contributed by atoms with E-state index in [1.807, 2.05) is 37.4 Å². The molecule has 0 aliphatic heterocycles. The highest BCUT2D eigenvalue weighted by molar-refractivity contribution is 5.91. The van der Waals surface area contributed by atoms with E-state index in [-0.39, 0.29) is 6.04 Å². The molecular formula is C15H16N4O. The molecule has 0 aliphatic carbocycles. The van der Waals surface area contributed by atoms with Gasteiger partial charge in [-0.3, -0.25) is 4.98 Å². The number of pyridine rings is 1. The number of hydrogen-bond donors (Lipinski definition) is 1. The van der Waals surface area contributed by atoms with Crippen molar-refractivity contribution in [3.8, 4) is 11.5 Å². The summed E-state index contributed by atoms with van der Waals surface area (Å²) >= 11 is 0. The van der Waals surface area contributed by atoms with Gasteiger partial charge in [-0.25, -0.2) is 0 Å². The molecular weight excluding hydrogens is 252 g/mol. The predicted molar refractivity (Wildman–Crippen MR) is 77.1 cm³/mol. The van der Waals surface area contributed by atoms with Gasteiger partial charge in [0.15, 0.2) is 0 Å². The summed E-state index contributed by atoms with van der Waals surface area (Å²) in [6.07, 6.45) is 2.66. The number of rotatable bonds is 4. The second-order valence-electron chi connectivity index (χ2n) is 4.57. The Labute approximate surface area is 117 Å². The number of para-hydroxylation sites is 1. The van der Waals surface area contributed by atoms with Gasteiger partial charge in [0.05, 0.1) is 11.6 Å². The molecule has 0 aliphatic rings. The molecule has 2 heterocycles. The van der Waals surface area contributed by atoms with Crippen LogP contribution in [0.1, 0.15) is 25.3 Å². The fourth-order valence-corrected chi connectivity index (χ4v) is 2.27. The number of fused-ring (bicyclic) bond motifs is 1. The zero-order valence-corrected chi connectivity index (χ0v) is 11.5. The molecule has 20 heavy (non-hydrogen) atoms. The number of hydrogen-bond acceptors (Lipinski definition) is 5. The molecule has 0 amide bonds. The van der Waals surface area contributed by atoms with Crippen molar-refractivity contribution in [1.29, 1.82) is 0 Å². The fourth-order valence-electron chi connectivity index (χ4n) is 2.27. The summed E-state index contributed by atoms with van der Waals surface area (Å²) < 4.78 is 5.81. The number of nitrogens with zero attached hydrogens (tertiary/aromatic N) is 3. The quantitative estimate of drug-likeness (QED) is 0.788. The Morgan fingerprint density at radius 3 is 2.85 bits per heavy atom. The molecule has 102 valence electrons. The largest absolute Gasteiger partial charge is 0.419 e. The first-order valence-corrected chi connectivity index (χ1v) is 6.68. The highest BCUT2D eigenvalue weighted by Gasteiger charge is 2.17. The predicted octanol–water partition coefficient (Wildman–Crippen LogP) is 2.96. The zero-order chi connectivity index (χ0) is 13.9. The molecule has 0 fully saturated rings. The average Bonchev–Trinajstić information content (AvgIpc) is 2.97. The van der Waals surface area contributed by atoms with Crippen LogP contribution in [0.4, 0.5) is 0 Å². The Bertz CT molecular complexity index is 713. The summed E-state index contributed by atoms with van der Waals surface area (Å²) in [6.45, 7) is 2.08. The molecule has 1 N–H and O–H groups in total. The average molecular weight is 268 g/mol. The van der Waals surface area contributed by atoms with Gasteiger partial charge < -0.3 is 9.73 Å². The summed E-state index contributed by atoms with van der Waals surface area (Å²) in [4.78, 5) is 4.34. The van der Waals surface area contributed by atoms with E-state index in [4.69, 9.17) is 4.42 Å². The lowest BCUT2D eigenvalue weighted by molar-refractivity contribution is 0.415. The second-order valence-corrected chi connectivity index (χ2v) is 4.57. The van der Waals surface area contributed by atoms with E-state index in [9.17, 15) is 0 Å². The smallest absolute Gasteiger partial charge is 0.248 e. The molecule has 1 atom stereocenters. The van der Waals surface area contributed by atoms with Crippen molar-refractivity contribution in [2.24, 2.45) is 0 Å². The number of benzene rings is 1. The van der Waals surface area contributed by atoms with E-state index >= 15 is 0 Å². The maximum absolute atomic E-state index is 5.81. The van der Waals surface area contributed by atoms with Gasteiger partial charge in [0.2, 0.25) is 11.8 Å². The lowest BCUT2D eigenvalue weighted by atomic mass is 10.1. The van der Waals surface area contributed by atoms with Crippen molar-refractivity contribution in [2.45, 2.75) is 19.4 Å². The third kappa shape index (κ3) is 2.16. The summed E-state index contributed by atoms with van der Waals surface area (Å²) in [6, 6.07) is 9.92. The van der Waals surface area contributed by atoms with E-state index in [0.29, 0.717) is 11.8 Å². The minimum absolute atomic E-state index is 0.0874. The van der Waals surface area contributed by atoms with Crippen LogP contribution in [-0.4, -0.2) is 22.2 Å². The molecule has 5 nitrogen and oxygen atoms in total. The summed E-state index contributed by atoms with van der Waals surface area (Å²) in [5.41, 5.74) is 1.84. The Hall–Kier alpha value is -2.27.